The SMILES string of the molecule is OCCCCCSc1ncnc2sc(-c3ccccc3)cc12. The maximum absolute atomic E-state index is 8.81. The zero-order chi connectivity index (χ0) is 15.2. The van der Waals surface area contributed by atoms with E-state index in [9.17, 15) is 0 Å². The third-order valence-corrected chi connectivity index (χ3v) is 5.58. The molecule has 0 amide bonds. The molecule has 2 aromatic heterocycles. The molecule has 0 atom stereocenters. The van der Waals surface area contributed by atoms with E-state index in [1.54, 1.807) is 29.4 Å². The van der Waals surface area contributed by atoms with E-state index in [0.717, 1.165) is 40.3 Å². The second kappa shape index (κ2) is 7.72. The maximum Gasteiger partial charge on any atom is 0.128 e. The molecule has 0 spiro atoms. The van der Waals surface area contributed by atoms with E-state index < -0.39 is 0 Å². The molecule has 1 aromatic carbocycles. The van der Waals surface area contributed by atoms with Gasteiger partial charge < -0.3 is 5.11 Å². The van der Waals surface area contributed by atoms with Crippen LogP contribution in [0.5, 0.6) is 0 Å². The van der Waals surface area contributed by atoms with Crippen molar-refractivity contribution in [3.05, 3.63) is 42.7 Å². The minimum absolute atomic E-state index is 0.285. The van der Waals surface area contributed by atoms with E-state index in [0.29, 0.717) is 0 Å². The lowest BCUT2D eigenvalue weighted by atomic mass is 10.2. The average molecular weight is 330 g/mol. The average Bonchev–Trinajstić information content (AvgIpc) is 3.00. The molecule has 0 bridgehead atoms. The van der Waals surface area contributed by atoms with Crippen molar-refractivity contribution in [2.45, 2.75) is 24.3 Å². The lowest BCUT2D eigenvalue weighted by Gasteiger charge is -2.01. The van der Waals surface area contributed by atoms with Crippen LogP contribution in [-0.4, -0.2) is 27.4 Å². The summed E-state index contributed by atoms with van der Waals surface area (Å²) in [4.78, 5) is 11.1. The smallest absolute Gasteiger partial charge is 0.128 e. The van der Waals surface area contributed by atoms with Gasteiger partial charge in [0.15, 0.2) is 0 Å². The van der Waals surface area contributed by atoms with E-state index in [4.69, 9.17) is 5.11 Å². The van der Waals surface area contributed by atoms with Gasteiger partial charge in [0.1, 0.15) is 16.2 Å². The number of nitrogens with zero attached hydrogens (tertiary/aromatic N) is 2. The zero-order valence-electron chi connectivity index (χ0n) is 12.2. The van der Waals surface area contributed by atoms with Crippen LogP contribution >= 0.6 is 23.1 Å². The molecule has 2 heterocycles. The number of aliphatic hydroxyl groups is 1. The maximum atomic E-state index is 8.81. The molecule has 114 valence electrons. The summed E-state index contributed by atoms with van der Waals surface area (Å²) in [6, 6.07) is 12.6. The van der Waals surface area contributed by atoms with Crippen molar-refractivity contribution in [3.8, 4) is 10.4 Å². The van der Waals surface area contributed by atoms with Gasteiger partial charge >= 0.3 is 0 Å². The van der Waals surface area contributed by atoms with Crippen LogP contribution in [0.1, 0.15) is 19.3 Å². The Kier molecular flexibility index (Phi) is 5.43. The van der Waals surface area contributed by atoms with Gasteiger partial charge in [0.25, 0.3) is 0 Å². The molecule has 0 fully saturated rings. The standard InChI is InChI=1S/C17H18N2OS2/c20-9-5-2-6-10-21-16-14-11-15(13-7-3-1-4-8-13)22-17(14)19-12-18-16/h1,3-4,7-8,11-12,20H,2,5-6,9-10H2. The normalized spacial score (nSPS) is 11.1. The summed E-state index contributed by atoms with van der Waals surface area (Å²) in [7, 11) is 0. The number of hydrogen-bond donors (Lipinski definition) is 1. The van der Waals surface area contributed by atoms with Crippen LogP contribution in [-0.2, 0) is 0 Å². The highest BCUT2D eigenvalue weighted by Crippen LogP contribution is 2.36. The quantitative estimate of drug-likeness (QED) is 0.390. The van der Waals surface area contributed by atoms with Crippen LogP contribution in [0.25, 0.3) is 20.7 Å². The molecule has 0 aliphatic carbocycles. The van der Waals surface area contributed by atoms with Gasteiger partial charge in [0.2, 0.25) is 0 Å². The lowest BCUT2D eigenvalue weighted by Crippen LogP contribution is -1.88. The summed E-state index contributed by atoms with van der Waals surface area (Å²) in [6.45, 7) is 0.285. The highest BCUT2D eigenvalue weighted by Gasteiger charge is 2.10. The van der Waals surface area contributed by atoms with E-state index in [2.05, 4.69) is 40.3 Å². The van der Waals surface area contributed by atoms with Crippen molar-refractivity contribution in [2.75, 3.05) is 12.4 Å². The van der Waals surface area contributed by atoms with Crippen molar-refractivity contribution < 1.29 is 5.11 Å². The van der Waals surface area contributed by atoms with E-state index in [1.165, 1.54) is 10.4 Å². The summed E-state index contributed by atoms with van der Waals surface area (Å²) in [5.74, 6) is 1.03. The third kappa shape index (κ3) is 3.66. The number of thiophene rings is 1. The number of hydrogen-bond acceptors (Lipinski definition) is 5. The van der Waals surface area contributed by atoms with Gasteiger partial charge in [-0.15, -0.1) is 23.1 Å². The topological polar surface area (TPSA) is 46.0 Å². The molecule has 0 aliphatic heterocycles. The number of benzene rings is 1. The van der Waals surface area contributed by atoms with Crippen LogP contribution in [0.4, 0.5) is 0 Å². The van der Waals surface area contributed by atoms with Crippen molar-refractivity contribution in [1.29, 1.82) is 0 Å². The number of rotatable bonds is 7. The van der Waals surface area contributed by atoms with Crippen molar-refractivity contribution >= 4 is 33.3 Å². The highest BCUT2D eigenvalue weighted by molar-refractivity contribution is 7.99. The molecule has 3 aromatic rings. The van der Waals surface area contributed by atoms with Gasteiger partial charge in [-0.05, 0) is 30.2 Å². The van der Waals surface area contributed by atoms with Crippen LogP contribution in [0.3, 0.4) is 0 Å². The van der Waals surface area contributed by atoms with Crippen LogP contribution in [0, 0.1) is 0 Å². The minimum atomic E-state index is 0.285. The van der Waals surface area contributed by atoms with E-state index >= 15 is 0 Å². The van der Waals surface area contributed by atoms with Crippen molar-refractivity contribution in [3.63, 3.8) is 0 Å². The molecule has 5 heteroatoms. The molecular formula is C17H18N2OS2. The van der Waals surface area contributed by atoms with Crippen molar-refractivity contribution in [1.82, 2.24) is 9.97 Å². The predicted molar refractivity (Wildman–Crippen MR) is 94.5 cm³/mol. The summed E-state index contributed by atoms with van der Waals surface area (Å²) in [5.41, 5.74) is 1.23. The monoisotopic (exact) mass is 330 g/mol. The first-order valence-corrected chi connectivity index (χ1v) is 9.22. The molecular weight excluding hydrogens is 312 g/mol. The van der Waals surface area contributed by atoms with Crippen LogP contribution < -0.4 is 0 Å². The Morgan fingerprint density at radius 2 is 1.91 bits per heavy atom. The molecule has 0 saturated carbocycles. The molecule has 0 aliphatic rings. The summed E-state index contributed by atoms with van der Waals surface area (Å²) >= 11 is 3.50. The van der Waals surface area contributed by atoms with Gasteiger partial charge in [-0.1, -0.05) is 36.8 Å². The van der Waals surface area contributed by atoms with Gasteiger partial charge in [-0.2, -0.15) is 0 Å². The summed E-state index contributed by atoms with van der Waals surface area (Å²) in [6.07, 6.45) is 4.71. The number of fused-ring (bicyclic) bond motifs is 1. The number of aliphatic hydroxyl groups excluding tert-OH is 1. The largest absolute Gasteiger partial charge is 0.396 e. The van der Waals surface area contributed by atoms with E-state index in [-0.39, 0.29) is 6.61 Å². The fraction of sp³-hybridized carbons (Fsp3) is 0.294. The molecule has 22 heavy (non-hydrogen) atoms. The van der Waals surface area contributed by atoms with Gasteiger partial charge in [-0.3, -0.25) is 0 Å². The molecule has 0 radical (unpaired) electrons. The lowest BCUT2D eigenvalue weighted by molar-refractivity contribution is 0.284. The third-order valence-electron chi connectivity index (χ3n) is 3.39. The van der Waals surface area contributed by atoms with Gasteiger partial charge in [-0.25, -0.2) is 9.97 Å². The fourth-order valence-electron chi connectivity index (χ4n) is 2.25. The van der Waals surface area contributed by atoms with Crippen molar-refractivity contribution in [2.24, 2.45) is 0 Å². The predicted octanol–water partition coefficient (Wildman–Crippen LogP) is 4.61. The molecule has 3 nitrogen and oxygen atoms in total. The first kappa shape index (κ1) is 15.5. The number of aromatic nitrogens is 2. The van der Waals surface area contributed by atoms with Crippen LogP contribution in [0.15, 0.2) is 47.8 Å². The Morgan fingerprint density at radius 1 is 1.05 bits per heavy atom. The Morgan fingerprint density at radius 3 is 2.73 bits per heavy atom. The molecule has 0 saturated heterocycles. The fourth-order valence-corrected chi connectivity index (χ4v) is 4.30. The Hall–Kier alpha value is -1.43. The highest BCUT2D eigenvalue weighted by atomic mass is 32.2. The first-order valence-electron chi connectivity index (χ1n) is 7.42. The summed E-state index contributed by atoms with van der Waals surface area (Å²) < 4.78 is 0. The minimum Gasteiger partial charge on any atom is -0.396 e. The second-order valence-electron chi connectivity index (χ2n) is 5.01. The second-order valence-corrected chi connectivity index (χ2v) is 7.12. The molecule has 3 rings (SSSR count). The Labute approximate surface area is 138 Å². The number of thioether (sulfide) groups is 1. The number of unbranched alkanes of at least 4 members (excludes halogenated alkanes) is 2. The summed E-state index contributed by atoms with van der Waals surface area (Å²) in [5, 5.41) is 11.0. The first-order chi connectivity index (χ1) is 10.9. The van der Waals surface area contributed by atoms with Gasteiger partial charge in [0, 0.05) is 16.9 Å². The van der Waals surface area contributed by atoms with Crippen LogP contribution in [0.2, 0.25) is 0 Å². The Bertz CT molecular complexity index is 728. The zero-order valence-corrected chi connectivity index (χ0v) is 13.9. The molecule has 0 unspecified atom stereocenters. The van der Waals surface area contributed by atoms with Gasteiger partial charge in [0.05, 0.1) is 0 Å². The molecule has 1 N–H and O–H groups in total. The van der Waals surface area contributed by atoms with E-state index in [1.807, 2.05) is 6.07 Å². The Balaban J connectivity index is 1.78.